The van der Waals surface area contributed by atoms with Gasteiger partial charge in [-0.15, -0.1) is 12.4 Å². The molecule has 1 aliphatic rings. The van der Waals surface area contributed by atoms with E-state index in [1.807, 2.05) is 0 Å². The van der Waals surface area contributed by atoms with Gasteiger partial charge >= 0.3 is 0 Å². The molecule has 0 saturated carbocycles. The Morgan fingerprint density at radius 1 is 1.11 bits per heavy atom. The predicted molar refractivity (Wildman–Crippen MR) is 69.8 cm³/mol. The number of piperidine rings is 1. The van der Waals surface area contributed by atoms with Crippen LogP contribution in [0.15, 0.2) is 23.1 Å². The molecule has 1 aromatic carbocycles. The van der Waals surface area contributed by atoms with Crippen molar-refractivity contribution in [1.82, 2.24) is 10.0 Å². The van der Waals surface area contributed by atoms with Crippen LogP contribution >= 0.6 is 12.4 Å². The quantitative estimate of drug-likeness (QED) is 0.887. The lowest BCUT2D eigenvalue weighted by molar-refractivity contribution is 0.426. The summed E-state index contributed by atoms with van der Waals surface area (Å²) in [5, 5.41) is 3.10. The molecule has 2 N–H and O–H groups in total. The van der Waals surface area contributed by atoms with E-state index in [0.717, 1.165) is 25.2 Å². The highest BCUT2D eigenvalue weighted by molar-refractivity contribution is 7.89. The molecule has 8 heteroatoms. The van der Waals surface area contributed by atoms with Crippen LogP contribution in [0.25, 0.3) is 0 Å². The smallest absolute Gasteiger partial charge is 0.241 e. The van der Waals surface area contributed by atoms with Crippen molar-refractivity contribution in [3.8, 4) is 0 Å². The van der Waals surface area contributed by atoms with Gasteiger partial charge in [0.25, 0.3) is 0 Å². The lowest BCUT2D eigenvalue weighted by Crippen LogP contribution is -2.42. The Bertz CT molecular complexity index is 513. The number of nitrogens with one attached hydrogen (secondary N) is 2. The molecule has 1 aromatic rings. The van der Waals surface area contributed by atoms with Gasteiger partial charge < -0.3 is 5.32 Å². The number of sulfonamides is 1. The second kappa shape index (κ2) is 6.60. The molecule has 0 unspecified atom stereocenters. The van der Waals surface area contributed by atoms with Crippen molar-refractivity contribution in [2.45, 2.75) is 23.8 Å². The van der Waals surface area contributed by atoms with Crippen LogP contribution in [0.3, 0.4) is 0 Å². The second-order valence-electron chi connectivity index (χ2n) is 4.25. The van der Waals surface area contributed by atoms with Crippen molar-refractivity contribution in [3.63, 3.8) is 0 Å². The third-order valence-electron chi connectivity index (χ3n) is 2.81. The summed E-state index contributed by atoms with van der Waals surface area (Å²) in [7, 11) is -3.86. The summed E-state index contributed by atoms with van der Waals surface area (Å²) in [5.74, 6) is -1.80. The average molecular weight is 313 g/mol. The highest BCUT2D eigenvalue weighted by Gasteiger charge is 2.22. The largest absolute Gasteiger partial charge is 0.317 e. The highest BCUT2D eigenvalue weighted by atomic mass is 35.5. The van der Waals surface area contributed by atoms with Crippen molar-refractivity contribution >= 4 is 22.4 Å². The van der Waals surface area contributed by atoms with Crippen molar-refractivity contribution in [2.75, 3.05) is 13.1 Å². The maximum Gasteiger partial charge on any atom is 0.241 e. The summed E-state index contributed by atoms with van der Waals surface area (Å²) in [4.78, 5) is -0.376. The number of rotatable bonds is 3. The third kappa shape index (κ3) is 4.38. The molecule has 1 heterocycles. The summed E-state index contributed by atoms with van der Waals surface area (Å²) in [6.45, 7) is 1.45. The molecule has 0 amide bonds. The standard InChI is InChI=1S/C11H14F2N2O2S.ClH/c12-8-5-9(13)7-11(6-8)18(16,17)15-10-1-3-14-4-2-10;/h5-7,10,14-15H,1-4H2;1H. The summed E-state index contributed by atoms with van der Waals surface area (Å²) >= 11 is 0. The maximum atomic E-state index is 13.0. The van der Waals surface area contributed by atoms with Crippen molar-refractivity contribution < 1.29 is 17.2 Å². The monoisotopic (exact) mass is 312 g/mol. The fourth-order valence-corrected chi connectivity index (χ4v) is 3.26. The first-order valence-electron chi connectivity index (χ1n) is 5.66. The number of halogens is 3. The van der Waals surface area contributed by atoms with E-state index in [-0.39, 0.29) is 23.3 Å². The van der Waals surface area contributed by atoms with Crippen LogP contribution < -0.4 is 10.0 Å². The first kappa shape index (κ1) is 16.3. The van der Waals surface area contributed by atoms with Crippen molar-refractivity contribution in [3.05, 3.63) is 29.8 Å². The van der Waals surface area contributed by atoms with Gasteiger partial charge in [-0.1, -0.05) is 0 Å². The maximum absolute atomic E-state index is 13.0. The molecule has 108 valence electrons. The Hall–Kier alpha value is -0.760. The predicted octanol–water partition coefficient (Wildman–Crippen LogP) is 1.42. The number of hydrogen-bond acceptors (Lipinski definition) is 3. The molecule has 1 fully saturated rings. The van der Waals surface area contributed by atoms with E-state index in [2.05, 4.69) is 10.0 Å². The van der Waals surface area contributed by atoms with Gasteiger partial charge in [-0.25, -0.2) is 21.9 Å². The normalized spacial score (nSPS) is 16.9. The zero-order valence-electron chi connectivity index (χ0n) is 10.0. The summed E-state index contributed by atoms with van der Waals surface area (Å²) in [6.07, 6.45) is 1.33. The second-order valence-corrected chi connectivity index (χ2v) is 5.96. The molecule has 1 saturated heterocycles. The Morgan fingerprint density at radius 2 is 1.63 bits per heavy atom. The van der Waals surface area contributed by atoms with E-state index in [9.17, 15) is 17.2 Å². The molecular weight excluding hydrogens is 298 g/mol. The zero-order valence-corrected chi connectivity index (χ0v) is 11.7. The molecule has 1 aliphatic heterocycles. The van der Waals surface area contributed by atoms with E-state index in [1.165, 1.54) is 0 Å². The average Bonchev–Trinajstić information content (AvgIpc) is 2.28. The topological polar surface area (TPSA) is 58.2 Å². The van der Waals surface area contributed by atoms with Crippen molar-refractivity contribution in [2.24, 2.45) is 0 Å². The van der Waals surface area contributed by atoms with Gasteiger partial charge in [0.15, 0.2) is 0 Å². The van der Waals surface area contributed by atoms with Gasteiger partial charge in [-0.05, 0) is 38.1 Å². The Morgan fingerprint density at radius 3 is 2.16 bits per heavy atom. The highest BCUT2D eigenvalue weighted by Crippen LogP contribution is 2.15. The van der Waals surface area contributed by atoms with Gasteiger partial charge in [-0.2, -0.15) is 0 Å². The SMILES string of the molecule is Cl.O=S(=O)(NC1CCNCC1)c1cc(F)cc(F)c1. The van der Waals surface area contributed by atoms with Gasteiger partial charge in [0.05, 0.1) is 4.90 Å². The first-order chi connectivity index (χ1) is 8.47. The van der Waals surface area contributed by atoms with Crippen LogP contribution in [-0.2, 0) is 10.0 Å². The fourth-order valence-electron chi connectivity index (χ4n) is 1.91. The van der Waals surface area contributed by atoms with Crippen LogP contribution in [0, 0.1) is 11.6 Å². The van der Waals surface area contributed by atoms with Gasteiger partial charge in [0.1, 0.15) is 11.6 Å². The first-order valence-corrected chi connectivity index (χ1v) is 7.15. The number of benzene rings is 1. The molecule has 0 aliphatic carbocycles. The Labute approximate surface area is 117 Å². The molecule has 0 bridgehead atoms. The summed E-state index contributed by atoms with van der Waals surface area (Å²) in [6, 6.07) is 2.07. The summed E-state index contributed by atoms with van der Waals surface area (Å²) in [5.41, 5.74) is 0. The van der Waals surface area contributed by atoms with Gasteiger partial charge in [-0.3, -0.25) is 0 Å². The Balaban J connectivity index is 0.00000180. The lowest BCUT2D eigenvalue weighted by Gasteiger charge is -2.23. The molecular formula is C11H15ClF2N2O2S. The molecule has 0 spiro atoms. The minimum absolute atomic E-state index is 0. The van der Waals surface area contributed by atoms with E-state index >= 15 is 0 Å². The van der Waals surface area contributed by atoms with E-state index < -0.39 is 21.7 Å². The van der Waals surface area contributed by atoms with E-state index in [0.29, 0.717) is 18.9 Å². The summed E-state index contributed by atoms with van der Waals surface area (Å²) < 4.78 is 52.3. The lowest BCUT2D eigenvalue weighted by atomic mass is 10.1. The van der Waals surface area contributed by atoms with Gasteiger partial charge in [0.2, 0.25) is 10.0 Å². The molecule has 4 nitrogen and oxygen atoms in total. The fraction of sp³-hybridized carbons (Fsp3) is 0.455. The van der Waals surface area contributed by atoms with E-state index in [1.54, 1.807) is 0 Å². The van der Waals surface area contributed by atoms with Gasteiger partial charge in [0, 0.05) is 12.1 Å². The van der Waals surface area contributed by atoms with E-state index in [4.69, 9.17) is 0 Å². The molecule has 0 aromatic heterocycles. The number of hydrogen-bond donors (Lipinski definition) is 2. The minimum atomic E-state index is -3.86. The van der Waals surface area contributed by atoms with Crippen LogP contribution in [0.2, 0.25) is 0 Å². The van der Waals surface area contributed by atoms with Crippen LogP contribution in [-0.4, -0.2) is 27.5 Å². The van der Waals surface area contributed by atoms with Crippen LogP contribution in [0.5, 0.6) is 0 Å². The zero-order chi connectivity index (χ0) is 13.2. The molecule has 0 atom stereocenters. The van der Waals surface area contributed by atoms with Crippen LogP contribution in [0.4, 0.5) is 8.78 Å². The molecule has 19 heavy (non-hydrogen) atoms. The minimum Gasteiger partial charge on any atom is -0.317 e. The van der Waals surface area contributed by atoms with Crippen LogP contribution in [0.1, 0.15) is 12.8 Å². The molecule has 0 radical (unpaired) electrons. The van der Waals surface area contributed by atoms with Crippen molar-refractivity contribution in [1.29, 1.82) is 0 Å². The molecule has 2 rings (SSSR count). The third-order valence-corrected chi connectivity index (χ3v) is 4.31. The Kier molecular flexibility index (Phi) is 5.66.